The summed E-state index contributed by atoms with van der Waals surface area (Å²) in [5.41, 5.74) is 1.27. The lowest BCUT2D eigenvalue weighted by Crippen LogP contribution is -2.29. The Labute approximate surface area is 98.4 Å². The van der Waals surface area contributed by atoms with Crippen molar-refractivity contribution < 1.29 is 10.2 Å². The van der Waals surface area contributed by atoms with E-state index in [4.69, 9.17) is 0 Å². The maximum absolute atomic E-state index is 10.4. The van der Waals surface area contributed by atoms with Gasteiger partial charge in [-0.3, -0.25) is 0 Å². The van der Waals surface area contributed by atoms with Crippen LogP contribution in [0.2, 0.25) is 0 Å². The summed E-state index contributed by atoms with van der Waals surface area (Å²) in [6, 6.07) is 0. The van der Waals surface area contributed by atoms with Crippen molar-refractivity contribution in [2.45, 2.75) is 57.5 Å². The highest BCUT2D eigenvalue weighted by Gasteiger charge is 2.29. The first kappa shape index (κ1) is 12.1. The molecule has 0 aromatic heterocycles. The molecule has 0 bridgehead atoms. The fourth-order valence-electron chi connectivity index (χ4n) is 3.22. The van der Waals surface area contributed by atoms with Crippen molar-refractivity contribution in [2.75, 3.05) is 6.61 Å². The molecule has 0 aromatic rings. The van der Waals surface area contributed by atoms with Crippen LogP contribution in [-0.2, 0) is 0 Å². The molecule has 3 unspecified atom stereocenters. The highest BCUT2D eigenvalue weighted by Crippen LogP contribution is 2.35. The maximum atomic E-state index is 10.4. The van der Waals surface area contributed by atoms with Gasteiger partial charge in [0.25, 0.3) is 0 Å². The summed E-state index contributed by atoms with van der Waals surface area (Å²) in [7, 11) is 0. The fraction of sp³-hybridized carbons (Fsp3) is 0.857. The highest BCUT2D eigenvalue weighted by atomic mass is 16.3. The Morgan fingerprint density at radius 1 is 1.25 bits per heavy atom. The number of hydrogen-bond donors (Lipinski definition) is 2. The highest BCUT2D eigenvalue weighted by molar-refractivity contribution is 5.12. The van der Waals surface area contributed by atoms with Crippen LogP contribution in [0, 0.1) is 11.8 Å². The Kier molecular flexibility index (Phi) is 4.42. The molecular weight excluding hydrogens is 200 g/mol. The molecule has 2 nitrogen and oxygen atoms in total. The lowest BCUT2D eigenvalue weighted by atomic mass is 9.76. The van der Waals surface area contributed by atoms with E-state index in [1.807, 2.05) is 0 Å². The van der Waals surface area contributed by atoms with Gasteiger partial charge in [-0.05, 0) is 62.4 Å². The van der Waals surface area contributed by atoms with E-state index in [0.29, 0.717) is 18.4 Å². The zero-order valence-corrected chi connectivity index (χ0v) is 10.1. The van der Waals surface area contributed by atoms with E-state index >= 15 is 0 Å². The molecule has 0 aliphatic heterocycles. The molecule has 1 saturated carbocycles. The topological polar surface area (TPSA) is 40.5 Å². The molecule has 1 fully saturated rings. The lowest BCUT2D eigenvalue weighted by Gasteiger charge is -2.33. The van der Waals surface area contributed by atoms with Gasteiger partial charge in [0.2, 0.25) is 0 Å². The van der Waals surface area contributed by atoms with E-state index in [-0.39, 0.29) is 6.10 Å². The summed E-state index contributed by atoms with van der Waals surface area (Å²) in [6.45, 7) is 0.294. The first-order valence-electron chi connectivity index (χ1n) is 6.79. The van der Waals surface area contributed by atoms with Gasteiger partial charge in [0.15, 0.2) is 0 Å². The monoisotopic (exact) mass is 224 g/mol. The average molecular weight is 224 g/mol. The molecule has 2 heteroatoms. The lowest BCUT2D eigenvalue weighted by molar-refractivity contribution is 0.0741. The minimum absolute atomic E-state index is 0.227. The number of aliphatic hydroxyl groups excluding tert-OH is 2. The summed E-state index contributed by atoms with van der Waals surface area (Å²) < 4.78 is 0. The molecule has 2 aliphatic carbocycles. The van der Waals surface area contributed by atoms with Gasteiger partial charge in [-0.2, -0.15) is 0 Å². The molecular formula is C14H24O2. The van der Waals surface area contributed by atoms with Gasteiger partial charge in [-0.1, -0.05) is 12.5 Å². The fourth-order valence-corrected chi connectivity index (χ4v) is 3.22. The zero-order chi connectivity index (χ0) is 11.4. The van der Waals surface area contributed by atoms with Crippen LogP contribution in [0.1, 0.15) is 51.4 Å². The Balaban J connectivity index is 1.92. The van der Waals surface area contributed by atoms with E-state index < -0.39 is 0 Å². The third kappa shape index (κ3) is 2.86. The van der Waals surface area contributed by atoms with Gasteiger partial charge in [0.05, 0.1) is 6.10 Å². The summed E-state index contributed by atoms with van der Waals surface area (Å²) in [6.07, 6.45) is 11.2. The van der Waals surface area contributed by atoms with Gasteiger partial charge in [-0.15, -0.1) is 0 Å². The van der Waals surface area contributed by atoms with Gasteiger partial charge in [0, 0.05) is 6.61 Å². The van der Waals surface area contributed by atoms with Crippen LogP contribution in [0.3, 0.4) is 0 Å². The second-order valence-electron chi connectivity index (χ2n) is 5.44. The molecule has 2 aliphatic rings. The molecule has 0 saturated heterocycles. The molecule has 3 atom stereocenters. The third-order valence-electron chi connectivity index (χ3n) is 4.23. The van der Waals surface area contributed by atoms with E-state index in [1.54, 1.807) is 0 Å². The molecule has 0 aromatic carbocycles. The van der Waals surface area contributed by atoms with Crippen molar-refractivity contribution in [3.05, 3.63) is 11.6 Å². The van der Waals surface area contributed by atoms with Crippen molar-refractivity contribution in [1.82, 2.24) is 0 Å². The van der Waals surface area contributed by atoms with Crippen molar-refractivity contribution in [3.8, 4) is 0 Å². The van der Waals surface area contributed by atoms with Crippen molar-refractivity contribution in [1.29, 1.82) is 0 Å². The first-order chi connectivity index (χ1) is 7.81. The van der Waals surface area contributed by atoms with Crippen molar-refractivity contribution >= 4 is 0 Å². The first-order valence-corrected chi connectivity index (χ1v) is 6.79. The van der Waals surface area contributed by atoms with Gasteiger partial charge < -0.3 is 10.2 Å². The molecule has 0 heterocycles. The number of hydrogen-bond acceptors (Lipinski definition) is 2. The van der Waals surface area contributed by atoms with Gasteiger partial charge in [-0.25, -0.2) is 0 Å². The largest absolute Gasteiger partial charge is 0.396 e. The number of aliphatic hydroxyl groups is 2. The van der Waals surface area contributed by atoms with Crippen LogP contribution in [0.4, 0.5) is 0 Å². The van der Waals surface area contributed by atoms with Crippen LogP contribution in [0.15, 0.2) is 11.6 Å². The average Bonchev–Trinajstić information content (AvgIpc) is 2.39. The van der Waals surface area contributed by atoms with Crippen LogP contribution >= 0.6 is 0 Å². The Hall–Kier alpha value is -0.340. The van der Waals surface area contributed by atoms with E-state index in [9.17, 15) is 10.2 Å². The summed E-state index contributed by atoms with van der Waals surface area (Å²) >= 11 is 0. The molecule has 0 amide bonds. The standard InChI is InChI=1S/C14H24O2/c15-10-11-5-4-8-13(9-11)14(16)12-6-2-1-3-7-12/h6,11,13-16H,1-5,7-10H2. The quantitative estimate of drug-likeness (QED) is 0.724. The smallest absolute Gasteiger partial charge is 0.0778 e. The molecule has 0 radical (unpaired) electrons. The molecule has 92 valence electrons. The van der Waals surface area contributed by atoms with Gasteiger partial charge >= 0.3 is 0 Å². The predicted molar refractivity (Wildman–Crippen MR) is 65.1 cm³/mol. The summed E-state index contributed by atoms with van der Waals surface area (Å²) in [4.78, 5) is 0. The van der Waals surface area contributed by atoms with Crippen molar-refractivity contribution in [3.63, 3.8) is 0 Å². The molecule has 2 rings (SSSR count). The predicted octanol–water partition coefficient (Wildman–Crippen LogP) is 2.65. The summed E-state index contributed by atoms with van der Waals surface area (Å²) in [5, 5.41) is 19.6. The summed E-state index contributed by atoms with van der Waals surface area (Å²) in [5.74, 6) is 0.827. The SMILES string of the molecule is OCC1CCCC(C(O)C2=CCCCC2)C1. The number of rotatable bonds is 3. The van der Waals surface area contributed by atoms with Crippen LogP contribution in [0.25, 0.3) is 0 Å². The zero-order valence-electron chi connectivity index (χ0n) is 10.1. The van der Waals surface area contributed by atoms with Crippen LogP contribution < -0.4 is 0 Å². The van der Waals surface area contributed by atoms with E-state index in [1.165, 1.54) is 24.8 Å². The van der Waals surface area contributed by atoms with E-state index in [0.717, 1.165) is 32.1 Å². The van der Waals surface area contributed by atoms with E-state index in [2.05, 4.69) is 6.08 Å². The normalized spacial score (nSPS) is 33.2. The molecule has 16 heavy (non-hydrogen) atoms. The molecule has 2 N–H and O–H groups in total. The van der Waals surface area contributed by atoms with Crippen molar-refractivity contribution in [2.24, 2.45) is 11.8 Å². The second-order valence-corrected chi connectivity index (χ2v) is 5.44. The molecule has 0 spiro atoms. The second kappa shape index (κ2) is 5.83. The van der Waals surface area contributed by atoms with Crippen LogP contribution in [-0.4, -0.2) is 22.9 Å². The minimum Gasteiger partial charge on any atom is -0.396 e. The Bertz CT molecular complexity index is 247. The third-order valence-corrected chi connectivity index (χ3v) is 4.23. The number of allylic oxidation sites excluding steroid dienone is 1. The maximum Gasteiger partial charge on any atom is 0.0778 e. The van der Waals surface area contributed by atoms with Crippen LogP contribution in [0.5, 0.6) is 0 Å². The Morgan fingerprint density at radius 2 is 2.12 bits per heavy atom. The minimum atomic E-state index is -0.227. The van der Waals surface area contributed by atoms with Gasteiger partial charge in [0.1, 0.15) is 0 Å². The Morgan fingerprint density at radius 3 is 2.81 bits per heavy atom.